The fourth-order valence-corrected chi connectivity index (χ4v) is 4.72. The van der Waals surface area contributed by atoms with Crippen LogP contribution in [0.5, 0.6) is 0 Å². The molecule has 3 aromatic rings. The molecule has 1 aliphatic rings. The van der Waals surface area contributed by atoms with E-state index in [-0.39, 0.29) is 5.91 Å². The lowest BCUT2D eigenvalue weighted by Crippen LogP contribution is -2.36. The van der Waals surface area contributed by atoms with E-state index < -0.39 is 0 Å². The summed E-state index contributed by atoms with van der Waals surface area (Å²) in [5, 5.41) is 2.68. The number of amides is 1. The van der Waals surface area contributed by atoms with Crippen LogP contribution in [-0.2, 0) is 11.3 Å². The summed E-state index contributed by atoms with van der Waals surface area (Å²) in [6.45, 7) is 4.24. The first-order chi connectivity index (χ1) is 14.3. The van der Waals surface area contributed by atoms with Crippen molar-refractivity contribution in [1.82, 2.24) is 24.8 Å². The Labute approximate surface area is 179 Å². The molecule has 29 heavy (non-hydrogen) atoms. The van der Waals surface area contributed by atoms with Gasteiger partial charge in [-0.3, -0.25) is 14.7 Å². The minimum atomic E-state index is 0.153. The molecule has 6 nitrogen and oxygen atoms in total. The highest BCUT2D eigenvalue weighted by Crippen LogP contribution is 2.24. The summed E-state index contributed by atoms with van der Waals surface area (Å²) in [6.07, 6.45) is 4.57. The molecule has 0 N–H and O–H groups in total. The summed E-state index contributed by atoms with van der Waals surface area (Å²) in [6, 6.07) is 12.0. The largest absolute Gasteiger partial charge is 0.341 e. The van der Waals surface area contributed by atoms with Crippen LogP contribution < -0.4 is 0 Å². The van der Waals surface area contributed by atoms with Crippen molar-refractivity contribution < 1.29 is 4.79 Å². The van der Waals surface area contributed by atoms with E-state index >= 15 is 0 Å². The van der Waals surface area contributed by atoms with Crippen molar-refractivity contribution in [2.75, 3.05) is 31.9 Å². The second-order valence-corrected chi connectivity index (χ2v) is 8.71. The van der Waals surface area contributed by atoms with Crippen LogP contribution in [0.25, 0.3) is 10.6 Å². The Bertz CT molecular complexity index is 920. The molecule has 4 rings (SSSR count). The maximum absolute atomic E-state index is 12.7. The molecule has 3 aromatic heterocycles. The lowest BCUT2D eigenvalue weighted by Gasteiger charge is -2.21. The monoisotopic (exact) mass is 425 g/mol. The maximum Gasteiger partial charge on any atom is 0.233 e. The number of pyridine rings is 1. The quantitative estimate of drug-likeness (QED) is 0.445. The first-order valence-corrected chi connectivity index (χ1v) is 11.5. The van der Waals surface area contributed by atoms with Crippen LogP contribution in [0.2, 0.25) is 0 Å². The zero-order valence-corrected chi connectivity index (χ0v) is 17.7. The smallest absolute Gasteiger partial charge is 0.233 e. The van der Waals surface area contributed by atoms with Crippen LogP contribution in [0.4, 0.5) is 0 Å². The number of aromatic nitrogens is 3. The Morgan fingerprint density at radius 3 is 2.83 bits per heavy atom. The Balaban J connectivity index is 1.28. The average molecular weight is 426 g/mol. The number of thioether (sulfide) groups is 1. The van der Waals surface area contributed by atoms with Gasteiger partial charge in [-0.05, 0) is 36.1 Å². The molecular formula is C21H23N5OS2. The highest BCUT2D eigenvalue weighted by Gasteiger charge is 2.20. The van der Waals surface area contributed by atoms with Gasteiger partial charge in [0, 0.05) is 45.1 Å². The SMILES string of the molecule is O=C(CSc1nccc(-c2cccs2)n1)N1CCCN(Cc2ccccn2)CC1. The first-order valence-electron chi connectivity index (χ1n) is 9.68. The molecule has 0 unspecified atom stereocenters. The van der Waals surface area contributed by atoms with Crippen molar-refractivity contribution in [2.24, 2.45) is 0 Å². The van der Waals surface area contributed by atoms with Crippen LogP contribution in [0.3, 0.4) is 0 Å². The molecule has 150 valence electrons. The highest BCUT2D eigenvalue weighted by molar-refractivity contribution is 7.99. The fraction of sp³-hybridized carbons (Fsp3) is 0.333. The molecule has 1 saturated heterocycles. The van der Waals surface area contributed by atoms with Crippen molar-refractivity contribution in [3.8, 4) is 10.6 Å². The minimum absolute atomic E-state index is 0.153. The Hall–Kier alpha value is -2.29. The van der Waals surface area contributed by atoms with Gasteiger partial charge in [0.25, 0.3) is 0 Å². The van der Waals surface area contributed by atoms with Crippen LogP contribution >= 0.6 is 23.1 Å². The predicted octanol–water partition coefficient (Wildman–Crippen LogP) is 3.43. The summed E-state index contributed by atoms with van der Waals surface area (Å²) in [7, 11) is 0. The summed E-state index contributed by atoms with van der Waals surface area (Å²) in [5.41, 5.74) is 1.98. The maximum atomic E-state index is 12.7. The molecule has 4 heterocycles. The van der Waals surface area contributed by atoms with Gasteiger partial charge in [0.05, 0.1) is 22.0 Å². The topological polar surface area (TPSA) is 62.2 Å². The number of nitrogens with zero attached hydrogens (tertiary/aromatic N) is 5. The second-order valence-electron chi connectivity index (χ2n) is 6.82. The predicted molar refractivity (Wildman–Crippen MR) is 117 cm³/mol. The van der Waals surface area contributed by atoms with E-state index in [0.717, 1.165) is 55.4 Å². The molecule has 0 radical (unpaired) electrons. The molecule has 0 saturated carbocycles. The molecule has 0 atom stereocenters. The third kappa shape index (κ3) is 5.62. The van der Waals surface area contributed by atoms with Crippen molar-refractivity contribution in [3.05, 3.63) is 59.9 Å². The summed E-state index contributed by atoms with van der Waals surface area (Å²) in [4.78, 5) is 31.5. The molecule has 0 aliphatic carbocycles. The molecular weight excluding hydrogens is 402 g/mol. The zero-order valence-electron chi connectivity index (χ0n) is 16.1. The van der Waals surface area contributed by atoms with Crippen molar-refractivity contribution >= 4 is 29.0 Å². The van der Waals surface area contributed by atoms with E-state index in [1.807, 2.05) is 46.8 Å². The number of hydrogen-bond donors (Lipinski definition) is 0. The van der Waals surface area contributed by atoms with E-state index in [0.29, 0.717) is 10.9 Å². The van der Waals surface area contributed by atoms with Crippen LogP contribution in [0, 0.1) is 0 Å². The molecule has 1 amide bonds. The van der Waals surface area contributed by atoms with E-state index in [4.69, 9.17) is 0 Å². The summed E-state index contributed by atoms with van der Waals surface area (Å²) >= 11 is 3.06. The molecule has 8 heteroatoms. The highest BCUT2D eigenvalue weighted by atomic mass is 32.2. The van der Waals surface area contributed by atoms with Crippen molar-refractivity contribution in [3.63, 3.8) is 0 Å². The zero-order chi connectivity index (χ0) is 19.9. The van der Waals surface area contributed by atoms with Gasteiger partial charge in [-0.15, -0.1) is 11.3 Å². The van der Waals surface area contributed by atoms with E-state index in [9.17, 15) is 4.79 Å². The number of carbonyl (C=O) groups excluding carboxylic acids is 1. The van der Waals surface area contributed by atoms with Gasteiger partial charge >= 0.3 is 0 Å². The number of hydrogen-bond acceptors (Lipinski definition) is 7. The molecule has 0 spiro atoms. The third-order valence-corrected chi connectivity index (χ3v) is 6.52. The first kappa shape index (κ1) is 20.0. The molecule has 1 fully saturated rings. The van der Waals surface area contributed by atoms with Gasteiger partial charge in [0.1, 0.15) is 0 Å². The fourth-order valence-electron chi connectivity index (χ4n) is 3.29. The van der Waals surface area contributed by atoms with E-state index in [1.54, 1.807) is 17.5 Å². The summed E-state index contributed by atoms with van der Waals surface area (Å²) in [5.74, 6) is 0.522. The van der Waals surface area contributed by atoms with Crippen LogP contribution in [0.15, 0.2) is 59.3 Å². The average Bonchev–Trinajstić information content (AvgIpc) is 3.20. The van der Waals surface area contributed by atoms with Crippen LogP contribution in [0.1, 0.15) is 12.1 Å². The third-order valence-electron chi connectivity index (χ3n) is 4.78. The molecule has 1 aliphatic heterocycles. The second kappa shape index (κ2) is 9.96. The number of carbonyl (C=O) groups is 1. The van der Waals surface area contributed by atoms with Gasteiger partial charge in [0.2, 0.25) is 5.91 Å². The Morgan fingerprint density at radius 1 is 1.03 bits per heavy atom. The number of thiophene rings is 1. The summed E-state index contributed by atoms with van der Waals surface area (Å²) < 4.78 is 0. The molecule has 0 aromatic carbocycles. The van der Waals surface area contributed by atoms with Crippen molar-refractivity contribution in [2.45, 2.75) is 18.1 Å². The van der Waals surface area contributed by atoms with E-state index in [2.05, 4.69) is 25.9 Å². The Morgan fingerprint density at radius 2 is 2.00 bits per heavy atom. The minimum Gasteiger partial charge on any atom is -0.341 e. The number of rotatable bonds is 6. The van der Waals surface area contributed by atoms with Gasteiger partial charge in [-0.25, -0.2) is 9.97 Å². The van der Waals surface area contributed by atoms with Gasteiger partial charge in [-0.1, -0.05) is 23.9 Å². The van der Waals surface area contributed by atoms with Gasteiger partial charge in [0.15, 0.2) is 5.16 Å². The lowest BCUT2D eigenvalue weighted by atomic mass is 10.3. The normalized spacial score (nSPS) is 15.2. The molecule has 0 bridgehead atoms. The van der Waals surface area contributed by atoms with Crippen molar-refractivity contribution in [1.29, 1.82) is 0 Å². The van der Waals surface area contributed by atoms with E-state index in [1.165, 1.54) is 11.8 Å². The van der Waals surface area contributed by atoms with Crippen LogP contribution in [-0.4, -0.2) is 62.6 Å². The van der Waals surface area contributed by atoms with Gasteiger partial charge < -0.3 is 4.90 Å². The standard InChI is InChI=1S/C21H23N5OS2/c27-20(16-29-21-23-9-7-18(24-21)19-6-3-14-28-19)26-11-4-10-25(12-13-26)15-17-5-1-2-8-22-17/h1-3,5-9,14H,4,10-13,15-16H2. The lowest BCUT2D eigenvalue weighted by molar-refractivity contribution is -0.128. The van der Waals surface area contributed by atoms with Gasteiger partial charge in [-0.2, -0.15) is 0 Å². The Kier molecular flexibility index (Phi) is 6.87.